The first-order valence-corrected chi connectivity index (χ1v) is 14.3. The van der Waals surface area contributed by atoms with Gasteiger partial charge in [-0.05, 0) is 104 Å². The van der Waals surface area contributed by atoms with Crippen molar-refractivity contribution in [3.8, 4) is 23.0 Å². The Kier molecular flexibility index (Phi) is 10.4. The number of nitrogens with zero attached hydrogens (tertiary/aromatic N) is 1. The maximum Gasteiger partial charge on any atom is 0.162 e. The standard InChI is InChI=1S/C33H44N2O4/c1-5-35(6-2)18-19-39-29-15-9-24(10-16-29)8-7-17-34-31-23-33(38-4)32(37-3)22-30(31)27-12-11-26-21-28(36)14-13-25(26)20-27/h9-10,13-16,21-23,27,34,36H,5-8,11-12,17-20H2,1-4H3/t27-/m1/s1. The molecule has 6 heteroatoms. The molecular weight excluding hydrogens is 488 g/mol. The number of hydrogen-bond donors (Lipinski definition) is 2. The Hall–Kier alpha value is -3.38. The van der Waals surface area contributed by atoms with Crippen molar-refractivity contribution >= 4 is 5.69 Å². The number of benzene rings is 3. The first kappa shape index (κ1) is 28.6. The summed E-state index contributed by atoms with van der Waals surface area (Å²) in [5.41, 5.74) is 6.24. The van der Waals surface area contributed by atoms with E-state index in [2.05, 4.69) is 66.5 Å². The Morgan fingerprint density at radius 2 is 1.67 bits per heavy atom. The SMILES string of the molecule is CCN(CC)CCOc1ccc(CCCNc2cc(OC)c(OC)cc2[C@@H]2CCc3cc(O)ccc3C2)cc1. The monoisotopic (exact) mass is 532 g/mol. The molecular formula is C33H44N2O4. The predicted octanol–water partition coefficient (Wildman–Crippen LogP) is 6.45. The van der Waals surface area contributed by atoms with Gasteiger partial charge in [-0.15, -0.1) is 0 Å². The van der Waals surface area contributed by atoms with E-state index in [1.807, 2.05) is 6.07 Å². The number of ether oxygens (including phenoxy) is 3. The maximum absolute atomic E-state index is 9.88. The molecule has 0 amide bonds. The normalized spacial score (nSPS) is 14.6. The number of fused-ring (bicyclic) bond motifs is 1. The average molecular weight is 533 g/mol. The molecule has 0 aliphatic heterocycles. The summed E-state index contributed by atoms with van der Waals surface area (Å²) in [4.78, 5) is 2.37. The van der Waals surface area contributed by atoms with E-state index in [1.54, 1.807) is 20.3 Å². The number of anilines is 1. The fourth-order valence-corrected chi connectivity index (χ4v) is 5.49. The van der Waals surface area contributed by atoms with Gasteiger partial charge in [0.05, 0.1) is 14.2 Å². The predicted molar refractivity (Wildman–Crippen MR) is 159 cm³/mol. The molecule has 0 aromatic heterocycles. The Labute approximate surface area is 233 Å². The van der Waals surface area contributed by atoms with Crippen molar-refractivity contribution < 1.29 is 19.3 Å². The molecule has 0 fully saturated rings. The third kappa shape index (κ3) is 7.60. The van der Waals surface area contributed by atoms with E-state index < -0.39 is 0 Å². The van der Waals surface area contributed by atoms with Crippen molar-refractivity contribution in [2.24, 2.45) is 0 Å². The van der Waals surface area contributed by atoms with E-state index in [9.17, 15) is 5.11 Å². The summed E-state index contributed by atoms with van der Waals surface area (Å²) in [5, 5.41) is 13.6. The largest absolute Gasteiger partial charge is 0.508 e. The Bertz CT molecular complexity index is 1190. The van der Waals surface area contributed by atoms with Gasteiger partial charge in [0.15, 0.2) is 11.5 Å². The van der Waals surface area contributed by atoms with E-state index in [0.717, 1.165) is 81.2 Å². The van der Waals surface area contributed by atoms with Crippen LogP contribution in [0.3, 0.4) is 0 Å². The van der Waals surface area contributed by atoms with E-state index in [0.29, 0.717) is 18.3 Å². The van der Waals surface area contributed by atoms with Gasteiger partial charge in [-0.1, -0.05) is 32.0 Å². The quantitative estimate of drug-likeness (QED) is 0.233. The van der Waals surface area contributed by atoms with Crippen LogP contribution in [0.1, 0.15) is 54.9 Å². The van der Waals surface area contributed by atoms with Crippen molar-refractivity contribution in [2.75, 3.05) is 52.3 Å². The fourth-order valence-electron chi connectivity index (χ4n) is 5.49. The molecule has 210 valence electrons. The number of nitrogens with one attached hydrogen (secondary N) is 1. The number of methoxy groups -OCH3 is 2. The molecule has 6 nitrogen and oxygen atoms in total. The molecule has 1 atom stereocenters. The van der Waals surface area contributed by atoms with Crippen LogP contribution in [-0.4, -0.2) is 57.0 Å². The van der Waals surface area contributed by atoms with Gasteiger partial charge in [-0.2, -0.15) is 0 Å². The Morgan fingerprint density at radius 1 is 0.923 bits per heavy atom. The van der Waals surface area contributed by atoms with Crippen LogP contribution in [0.25, 0.3) is 0 Å². The number of likely N-dealkylation sites (N-methyl/N-ethyl adjacent to an activating group) is 1. The number of hydrogen-bond acceptors (Lipinski definition) is 6. The summed E-state index contributed by atoms with van der Waals surface area (Å²) in [6.45, 7) is 9.00. The van der Waals surface area contributed by atoms with Gasteiger partial charge in [-0.3, -0.25) is 0 Å². The molecule has 0 spiro atoms. The van der Waals surface area contributed by atoms with Crippen LogP contribution in [0.5, 0.6) is 23.0 Å². The van der Waals surface area contributed by atoms with Gasteiger partial charge in [0.25, 0.3) is 0 Å². The van der Waals surface area contributed by atoms with Gasteiger partial charge in [0, 0.05) is 24.8 Å². The first-order valence-electron chi connectivity index (χ1n) is 14.3. The molecule has 0 bridgehead atoms. The molecule has 2 N–H and O–H groups in total. The lowest BCUT2D eigenvalue weighted by Gasteiger charge is -2.28. The highest BCUT2D eigenvalue weighted by Crippen LogP contribution is 2.42. The lowest BCUT2D eigenvalue weighted by atomic mass is 9.79. The van der Waals surface area contributed by atoms with Crippen LogP contribution in [0, 0.1) is 0 Å². The van der Waals surface area contributed by atoms with Gasteiger partial charge < -0.3 is 29.5 Å². The molecule has 4 rings (SSSR count). The van der Waals surface area contributed by atoms with Gasteiger partial charge in [0.1, 0.15) is 18.1 Å². The van der Waals surface area contributed by atoms with E-state index >= 15 is 0 Å². The molecule has 0 saturated carbocycles. The van der Waals surface area contributed by atoms with Crippen molar-refractivity contribution in [3.05, 3.63) is 76.9 Å². The highest BCUT2D eigenvalue weighted by atomic mass is 16.5. The zero-order valence-corrected chi connectivity index (χ0v) is 24.0. The maximum atomic E-state index is 9.88. The smallest absolute Gasteiger partial charge is 0.162 e. The minimum absolute atomic E-state index is 0.345. The second-order valence-corrected chi connectivity index (χ2v) is 10.2. The van der Waals surface area contributed by atoms with Crippen LogP contribution in [0.15, 0.2) is 54.6 Å². The topological polar surface area (TPSA) is 63.2 Å². The van der Waals surface area contributed by atoms with E-state index in [1.165, 1.54) is 22.3 Å². The van der Waals surface area contributed by atoms with Crippen molar-refractivity contribution in [3.63, 3.8) is 0 Å². The minimum atomic E-state index is 0.345. The fraction of sp³-hybridized carbons (Fsp3) is 0.455. The molecule has 1 aliphatic carbocycles. The summed E-state index contributed by atoms with van der Waals surface area (Å²) in [7, 11) is 3.37. The Balaban J connectivity index is 1.35. The average Bonchev–Trinajstić information content (AvgIpc) is 2.97. The van der Waals surface area contributed by atoms with E-state index in [4.69, 9.17) is 14.2 Å². The van der Waals surface area contributed by atoms with Gasteiger partial charge in [-0.25, -0.2) is 0 Å². The van der Waals surface area contributed by atoms with Crippen molar-refractivity contribution in [1.82, 2.24) is 4.90 Å². The Morgan fingerprint density at radius 3 is 2.38 bits per heavy atom. The second-order valence-electron chi connectivity index (χ2n) is 10.2. The lowest BCUT2D eigenvalue weighted by molar-refractivity contribution is 0.223. The third-order valence-corrected chi connectivity index (χ3v) is 7.87. The second kappa shape index (κ2) is 14.1. The van der Waals surface area contributed by atoms with Crippen molar-refractivity contribution in [2.45, 2.75) is 51.9 Å². The van der Waals surface area contributed by atoms with Gasteiger partial charge >= 0.3 is 0 Å². The van der Waals surface area contributed by atoms with Crippen molar-refractivity contribution in [1.29, 1.82) is 0 Å². The number of aromatic hydroxyl groups is 1. The van der Waals surface area contributed by atoms with Crippen LogP contribution in [0.2, 0.25) is 0 Å². The molecule has 1 aliphatic rings. The summed E-state index contributed by atoms with van der Waals surface area (Å²) in [6, 6.07) is 18.5. The molecule has 0 radical (unpaired) electrons. The van der Waals surface area contributed by atoms with E-state index in [-0.39, 0.29) is 0 Å². The first-order chi connectivity index (χ1) is 19.0. The van der Waals surface area contributed by atoms with Crippen LogP contribution < -0.4 is 19.5 Å². The molecule has 0 unspecified atom stereocenters. The zero-order valence-electron chi connectivity index (χ0n) is 24.0. The molecule has 0 heterocycles. The summed E-state index contributed by atoms with van der Waals surface area (Å²) in [6.07, 6.45) is 4.95. The lowest BCUT2D eigenvalue weighted by Crippen LogP contribution is -2.27. The summed E-state index contributed by atoms with van der Waals surface area (Å²) in [5.74, 6) is 3.15. The van der Waals surface area contributed by atoms with Crippen LogP contribution >= 0.6 is 0 Å². The summed E-state index contributed by atoms with van der Waals surface area (Å²) >= 11 is 0. The van der Waals surface area contributed by atoms with Crippen LogP contribution in [0.4, 0.5) is 5.69 Å². The highest BCUT2D eigenvalue weighted by Gasteiger charge is 2.24. The van der Waals surface area contributed by atoms with Gasteiger partial charge in [0.2, 0.25) is 0 Å². The number of rotatable bonds is 14. The van der Waals surface area contributed by atoms with Crippen LogP contribution in [-0.2, 0) is 19.3 Å². The zero-order chi connectivity index (χ0) is 27.6. The molecule has 39 heavy (non-hydrogen) atoms. The number of phenolic OH excluding ortho intramolecular Hbond substituents is 1. The third-order valence-electron chi connectivity index (χ3n) is 7.87. The summed E-state index contributed by atoms with van der Waals surface area (Å²) < 4.78 is 17.2. The number of phenols is 1. The minimum Gasteiger partial charge on any atom is -0.508 e. The molecule has 3 aromatic carbocycles. The molecule has 3 aromatic rings. The number of aryl methyl sites for hydroxylation is 2. The molecule has 0 saturated heterocycles. The highest BCUT2D eigenvalue weighted by molar-refractivity contribution is 5.62.